The van der Waals surface area contributed by atoms with Crippen molar-refractivity contribution >= 4 is 17.8 Å². The zero-order chi connectivity index (χ0) is 17.9. The summed E-state index contributed by atoms with van der Waals surface area (Å²) in [6.45, 7) is 6.45. The first-order valence-corrected chi connectivity index (χ1v) is 8.44. The van der Waals surface area contributed by atoms with Crippen LogP contribution in [0.25, 0.3) is 0 Å². The SMILES string of the molecule is CC(C)N(C)C(=O)C1CCN(Cc2nc(N)nc(N(C)C)n2)CC1. The highest BCUT2D eigenvalue weighted by molar-refractivity contribution is 5.78. The maximum atomic E-state index is 12.4. The van der Waals surface area contributed by atoms with Crippen LogP contribution in [-0.4, -0.2) is 70.9 Å². The number of likely N-dealkylation sites (tertiary alicyclic amines) is 1. The fourth-order valence-electron chi connectivity index (χ4n) is 2.78. The molecule has 2 heterocycles. The average Bonchev–Trinajstić information content (AvgIpc) is 2.53. The van der Waals surface area contributed by atoms with Crippen molar-refractivity contribution in [3.05, 3.63) is 5.82 Å². The van der Waals surface area contributed by atoms with Gasteiger partial charge in [-0.15, -0.1) is 0 Å². The molecule has 2 N–H and O–H groups in total. The summed E-state index contributed by atoms with van der Waals surface area (Å²) < 4.78 is 0. The monoisotopic (exact) mass is 335 g/mol. The van der Waals surface area contributed by atoms with Crippen LogP contribution in [0.3, 0.4) is 0 Å². The highest BCUT2D eigenvalue weighted by Gasteiger charge is 2.28. The van der Waals surface area contributed by atoms with Gasteiger partial charge in [0.05, 0.1) is 6.54 Å². The summed E-state index contributed by atoms with van der Waals surface area (Å²) in [6.07, 6.45) is 1.74. The number of piperidine rings is 1. The molecule has 0 unspecified atom stereocenters. The van der Waals surface area contributed by atoms with Crippen molar-refractivity contribution < 1.29 is 4.79 Å². The molecule has 1 aliphatic rings. The first-order chi connectivity index (χ1) is 11.3. The third-order valence-electron chi connectivity index (χ3n) is 4.51. The predicted molar refractivity (Wildman–Crippen MR) is 94.5 cm³/mol. The van der Waals surface area contributed by atoms with Crippen molar-refractivity contribution in [2.75, 3.05) is 44.9 Å². The second-order valence-corrected chi connectivity index (χ2v) is 6.90. The van der Waals surface area contributed by atoms with Gasteiger partial charge in [0.25, 0.3) is 0 Å². The van der Waals surface area contributed by atoms with E-state index in [9.17, 15) is 4.79 Å². The van der Waals surface area contributed by atoms with E-state index in [2.05, 4.69) is 19.9 Å². The Kier molecular flexibility index (Phi) is 5.93. The molecular formula is C16H29N7O. The Bertz CT molecular complexity index is 568. The van der Waals surface area contributed by atoms with Crippen LogP contribution in [0.1, 0.15) is 32.5 Å². The molecule has 0 aliphatic carbocycles. The lowest BCUT2D eigenvalue weighted by atomic mass is 9.95. The van der Waals surface area contributed by atoms with E-state index >= 15 is 0 Å². The molecule has 0 radical (unpaired) electrons. The van der Waals surface area contributed by atoms with Gasteiger partial charge in [-0.05, 0) is 39.8 Å². The number of hydrogen-bond donors (Lipinski definition) is 1. The number of amides is 1. The lowest BCUT2D eigenvalue weighted by Gasteiger charge is -2.34. The summed E-state index contributed by atoms with van der Waals surface area (Å²) in [6, 6.07) is 0.244. The summed E-state index contributed by atoms with van der Waals surface area (Å²) in [5.74, 6) is 1.86. The van der Waals surface area contributed by atoms with Gasteiger partial charge in [0.15, 0.2) is 0 Å². The number of hydrogen-bond acceptors (Lipinski definition) is 7. The summed E-state index contributed by atoms with van der Waals surface area (Å²) in [4.78, 5) is 31.1. The van der Waals surface area contributed by atoms with E-state index < -0.39 is 0 Å². The molecule has 1 aromatic rings. The van der Waals surface area contributed by atoms with E-state index in [-0.39, 0.29) is 23.8 Å². The lowest BCUT2D eigenvalue weighted by molar-refractivity contribution is -0.137. The molecule has 0 bridgehead atoms. The van der Waals surface area contributed by atoms with Gasteiger partial charge in [-0.2, -0.15) is 15.0 Å². The van der Waals surface area contributed by atoms with Crippen LogP contribution in [0.2, 0.25) is 0 Å². The summed E-state index contributed by atoms with van der Waals surface area (Å²) >= 11 is 0. The Morgan fingerprint density at radius 2 is 1.83 bits per heavy atom. The maximum Gasteiger partial charge on any atom is 0.229 e. The van der Waals surface area contributed by atoms with Crippen LogP contribution in [0.5, 0.6) is 0 Å². The number of nitrogens with two attached hydrogens (primary N) is 1. The quantitative estimate of drug-likeness (QED) is 0.842. The van der Waals surface area contributed by atoms with Gasteiger partial charge < -0.3 is 15.5 Å². The number of nitrogens with zero attached hydrogens (tertiary/aromatic N) is 6. The van der Waals surface area contributed by atoms with Crippen molar-refractivity contribution in [1.29, 1.82) is 0 Å². The normalized spacial score (nSPS) is 16.4. The van der Waals surface area contributed by atoms with E-state index in [4.69, 9.17) is 5.73 Å². The Morgan fingerprint density at radius 3 is 2.38 bits per heavy atom. The minimum absolute atomic E-state index is 0.120. The van der Waals surface area contributed by atoms with Crippen LogP contribution in [-0.2, 0) is 11.3 Å². The largest absolute Gasteiger partial charge is 0.368 e. The number of rotatable bonds is 5. The number of carbonyl (C=O) groups excluding carboxylic acids is 1. The van der Waals surface area contributed by atoms with Gasteiger partial charge >= 0.3 is 0 Å². The Morgan fingerprint density at radius 1 is 1.21 bits per heavy atom. The Hall–Kier alpha value is -1.96. The number of nitrogen functional groups attached to an aromatic ring is 1. The van der Waals surface area contributed by atoms with Crippen LogP contribution in [0.15, 0.2) is 0 Å². The van der Waals surface area contributed by atoms with Crippen molar-refractivity contribution in [3.63, 3.8) is 0 Å². The highest BCUT2D eigenvalue weighted by atomic mass is 16.2. The van der Waals surface area contributed by atoms with E-state index in [0.717, 1.165) is 25.9 Å². The van der Waals surface area contributed by atoms with E-state index in [1.54, 1.807) is 0 Å². The number of carbonyl (C=O) groups is 1. The first-order valence-electron chi connectivity index (χ1n) is 8.44. The van der Waals surface area contributed by atoms with Gasteiger partial charge in [0.2, 0.25) is 17.8 Å². The van der Waals surface area contributed by atoms with E-state index in [0.29, 0.717) is 18.3 Å². The smallest absolute Gasteiger partial charge is 0.229 e. The molecule has 1 fully saturated rings. The zero-order valence-electron chi connectivity index (χ0n) is 15.4. The van der Waals surface area contributed by atoms with Crippen molar-refractivity contribution in [3.8, 4) is 0 Å². The van der Waals surface area contributed by atoms with Crippen LogP contribution in [0.4, 0.5) is 11.9 Å². The maximum absolute atomic E-state index is 12.4. The standard InChI is InChI=1S/C16H29N7O/c1-11(2)22(5)14(24)12-6-8-23(9-7-12)10-13-18-15(17)20-16(19-13)21(3)4/h11-12H,6-10H2,1-5H3,(H2,17,18,19,20). The predicted octanol–water partition coefficient (Wildman–Crippen LogP) is 0.599. The summed E-state index contributed by atoms with van der Waals surface area (Å²) in [7, 11) is 5.64. The molecule has 2 rings (SSSR count). The van der Waals surface area contributed by atoms with Crippen LogP contribution in [0, 0.1) is 5.92 Å². The summed E-state index contributed by atoms with van der Waals surface area (Å²) in [5.41, 5.74) is 5.77. The molecule has 1 amide bonds. The van der Waals surface area contributed by atoms with Gasteiger partial charge in [-0.25, -0.2) is 0 Å². The zero-order valence-corrected chi connectivity index (χ0v) is 15.4. The fourth-order valence-corrected chi connectivity index (χ4v) is 2.78. The molecule has 8 heteroatoms. The molecule has 0 spiro atoms. The second kappa shape index (κ2) is 7.74. The number of aromatic nitrogens is 3. The van der Waals surface area contributed by atoms with Crippen molar-refractivity contribution in [1.82, 2.24) is 24.8 Å². The van der Waals surface area contributed by atoms with Crippen molar-refractivity contribution in [2.24, 2.45) is 5.92 Å². The average molecular weight is 335 g/mol. The molecule has 0 aromatic carbocycles. The molecule has 1 aliphatic heterocycles. The molecule has 8 nitrogen and oxygen atoms in total. The van der Waals surface area contributed by atoms with E-state index in [1.165, 1.54) is 0 Å². The molecule has 1 aromatic heterocycles. The van der Waals surface area contributed by atoms with Crippen molar-refractivity contribution in [2.45, 2.75) is 39.3 Å². The minimum Gasteiger partial charge on any atom is -0.368 e. The minimum atomic E-state index is 0.120. The molecule has 0 atom stereocenters. The molecule has 1 saturated heterocycles. The van der Waals surface area contributed by atoms with Gasteiger partial charge in [-0.1, -0.05) is 0 Å². The highest BCUT2D eigenvalue weighted by Crippen LogP contribution is 2.21. The Balaban J connectivity index is 1.93. The van der Waals surface area contributed by atoms with Crippen LogP contribution < -0.4 is 10.6 Å². The molecule has 24 heavy (non-hydrogen) atoms. The molecule has 134 valence electrons. The first kappa shape index (κ1) is 18.4. The third kappa shape index (κ3) is 4.53. The molecule has 0 saturated carbocycles. The van der Waals surface area contributed by atoms with Crippen LogP contribution >= 0.6 is 0 Å². The third-order valence-corrected chi connectivity index (χ3v) is 4.51. The molecular weight excluding hydrogens is 306 g/mol. The van der Waals surface area contributed by atoms with Gasteiger partial charge in [0, 0.05) is 33.1 Å². The fraction of sp³-hybridized carbons (Fsp3) is 0.750. The van der Waals surface area contributed by atoms with E-state index in [1.807, 2.05) is 44.8 Å². The lowest BCUT2D eigenvalue weighted by Crippen LogP contribution is -2.43. The summed E-state index contributed by atoms with van der Waals surface area (Å²) in [5, 5.41) is 0. The van der Waals surface area contributed by atoms with Gasteiger partial charge in [-0.3, -0.25) is 9.69 Å². The second-order valence-electron chi connectivity index (χ2n) is 6.90. The number of anilines is 2. The Labute approximate surface area is 144 Å². The van der Waals surface area contributed by atoms with Gasteiger partial charge in [0.1, 0.15) is 5.82 Å². The topological polar surface area (TPSA) is 91.5 Å².